The molecule has 31 heavy (non-hydrogen) atoms. The van der Waals surface area contributed by atoms with Gasteiger partial charge >= 0.3 is 11.9 Å². The van der Waals surface area contributed by atoms with Gasteiger partial charge in [-0.1, -0.05) is 104 Å². The van der Waals surface area contributed by atoms with Gasteiger partial charge in [-0.3, -0.25) is 9.59 Å². The number of quaternary nitrogens is 1. The van der Waals surface area contributed by atoms with Crippen molar-refractivity contribution in [1.29, 1.82) is 0 Å². The zero-order valence-corrected chi connectivity index (χ0v) is 21.3. The van der Waals surface area contributed by atoms with Crippen LogP contribution < -0.4 is 0 Å². The van der Waals surface area contributed by atoms with E-state index in [9.17, 15) is 9.59 Å². The van der Waals surface area contributed by atoms with Crippen molar-refractivity contribution < 1.29 is 23.9 Å². The molecule has 5 nitrogen and oxygen atoms in total. The van der Waals surface area contributed by atoms with Crippen molar-refractivity contribution in [2.75, 3.05) is 27.7 Å². The van der Waals surface area contributed by atoms with Crippen molar-refractivity contribution in [2.45, 2.75) is 123 Å². The van der Waals surface area contributed by atoms with Crippen LogP contribution in [0.15, 0.2) is 0 Å². The summed E-state index contributed by atoms with van der Waals surface area (Å²) < 4.78 is 6.06. The number of carboxylic acids is 1. The van der Waals surface area contributed by atoms with Crippen LogP contribution in [-0.4, -0.2) is 55.3 Å². The Morgan fingerprint density at radius 3 is 1.65 bits per heavy atom. The van der Waals surface area contributed by atoms with Crippen LogP contribution >= 0.6 is 0 Å². The van der Waals surface area contributed by atoms with E-state index in [4.69, 9.17) is 9.84 Å². The maximum Gasteiger partial charge on any atom is 0.307 e. The van der Waals surface area contributed by atoms with Crippen molar-refractivity contribution in [3.05, 3.63) is 0 Å². The summed E-state index contributed by atoms with van der Waals surface area (Å²) in [4.78, 5) is 23.3. The predicted octanol–water partition coefficient (Wildman–Crippen LogP) is 6.59. The average Bonchev–Trinajstić information content (AvgIpc) is 2.63. The highest BCUT2D eigenvalue weighted by Crippen LogP contribution is 2.17. The molecule has 5 heteroatoms. The molecular weight excluding hydrogens is 390 g/mol. The molecule has 0 aromatic rings. The highest BCUT2D eigenvalue weighted by atomic mass is 16.5. The number of hydrogen-bond acceptors (Lipinski definition) is 3. The van der Waals surface area contributed by atoms with E-state index in [1.165, 1.54) is 77.0 Å². The molecule has 0 fully saturated rings. The fourth-order valence-corrected chi connectivity index (χ4v) is 4.08. The summed E-state index contributed by atoms with van der Waals surface area (Å²) in [6.45, 7) is 4.86. The summed E-state index contributed by atoms with van der Waals surface area (Å²) in [7, 11) is 5.92. The first-order chi connectivity index (χ1) is 14.6. The molecule has 184 valence electrons. The van der Waals surface area contributed by atoms with Crippen LogP contribution in [0.5, 0.6) is 0 Å². The Hall–Kier alpha value is -1.10. The van der Waals surface area contributed by atoms with E-state index < -0.39 is 12.1 Å². The number of aliphatic carboxylic acids is 1. The molecule has 0 aromatic heterocycles. The molecule has 0 spiro atoms. The van der Waals surface area contributed by atoms with Crippen molar-refractivity contribution in [1.82, 2.24) is 0 Å². The third-order valence-electron chi connectivity index (χ3n) is 5.77. The maximum atomic E-state index is 12.2. The number of carbonyl (C=O) groups excluding carboxylic acids is 1. The van der Waals surface area contributed by atoms with E-state index in [0.717, 1.165) is 12.8 Å². The Kier molecular flexibility index (Phi) is 17.8. The molecular formula is C26H52NO4+. The number of hydrogen-bond donors (Lipinski definition) is 1. The number of carbonyl (C=O) groups is 2. The maximum absolute atomic E-state index is 12.2. The molecule has 2 unspecified atom stereocenters. The first-order valence-electron chi connectivity index (χ1n) is 12.9. The highest BCUT2D eigenvalue weighted by molar-refractivity contribution is 5.71. The summed E-state index contributed by atoms with van der Waals surface area (Å²) in [5.74, 6) is -0.900. The summed E-state index contributed by atoms with van der Waals surface area (Å²) in [6, 6.07) is 0. The lowest BCUT2D eigenvalue weighted by atomic mass is 9.98. The molecule has 0 aliphatic heterocycles. The lowest BCUT2D eigenvalue weighted by molar-refractivity contribution is -0.873. The molecule has 0 saturated heterocycles. The molecule has 0 heterocycles. The van der Waals surface area contributed by atoms with E-state index in [-0.39, 0.29) is 18.3 Å². The SMILES string of the molecule is CCCCCCCCCCCCCCCC(C)CC(=O)OC(CC(=O)O)C[N+](C)(C)C. The van der Waals surface area contributed by atoms with E-state index in [1.54, 1.807) is 0 Å². The first kappa shape index (κ1) is 29.9. The molecule has 0 bridgehead atoms. The van der Waals surface area contributed by atoms with Crippen LogP contribution in [0.4, 0.5) is 0 Å². The smallest absolute Gasteiger partial charge is 0.307 e. The van der Waals surface area contributed by atoms with Crippen molar-refractivity contribution >= 4 is 11.9 Å². The normalized spacial score (nSPS) is 13.7. The van der Waals surface area contributed by atoms with Crippen LogP contribution in [0.3, 0.4) is 0 Å². The number of likely N-dealkylation sites (N-methyl/N-ethyl adjacent to an activating group) is 1. The van der Waals surface area contributed by atoms with Gasteiger partial charge in [0.05, 0.1) is 27.6 Å². The zero-order chi connectivity index (χ0) is 23.5. The topological polar surface area (TPSA) is 63.6 Å². The van der Waals surface area contributed by atoms with E-state index >= 15 is 0 Å². The second kappa shape index (κ2) is 18.5. The van der Waals surface area contributed by atoms with Gasteiger partial charge in [-0.05, 0) is 5.92 Å². The van der Waals surface area contributed by atoms with Crippen LogP contribution in [0.2, 0.25) is 0 Å². The second-order valence-corrected chi connectivity index (χ2v) is 10.5. The number of unbranched alkanes of at least 4 members (excludes halogenated alkanes) is 12. The Balaban J connectivity index is 3.74. The Morgan fingerprint density at radius 1 is 0.774 bits per heavy atom. The predicted molar refractivity (Wildman–Crippen MR) is 129 cm³/mol. The summed E-state index contributed by atoms with van der Waals surface area (Å²) in [5, 5.41) is 9.06. The highest BCUT2D eigenvalue weighted by Gasteiger charge is 2.25. The van der Waals surface area contributed by atoms with Gasteiger partial charge in [0.1, 0.15) is 6.54 Å². The standard InChI is InChI=1S/C26H51NO4/c1-6-7-8-9-10-11-12-13-14-15-16-17-18-19-23(2)20-26(30)31-24(21-25(28)29)22-27(3,4)5/h23-24H,6-22H2,1-5H3/p+1. The van der Waals surface area contributed by atoms with Crippen LogP contribution in [0.25, 0.3) is 0 Å². The summed E-state index contributed by atoms with van der Waals surface area (Å²) in [6.07, 6.45) is 18.2. The number of esters is 1. The molecule has 0 amide bonds. The van der Waals surface area contributed by atoms with Gasteiger partial charge in [0.25, 0.3) is 0 Å². The minimum atomic E-state index is -0.925. The van der Waals surface area contributed by atoms with Crippen LogP contribution in [0.1, 0.15) is 117 Å². The van der Waals surface area contributed by atoms with Gasteiger partial charge in [0.2, 0.25) is 0 Å². The van der Waals surface area contributed by atoms with Gasteiger partial charge < -0.3 is 14.3 Å². The Labute approximate surface area is 192 Å². The second-order valence-electron chi connectivity index (χ2n) is 10.5. The van der Waals surface area contributed by atoms with Gasteiger partial charge in [-0.2, -0.15) is 0 Å². The fraction of sp³-hybridized carbons (Fsp3) is 0.923. The monoisotopic (exact) mass is 442 g/mol. The van der Waals surface area contributed by atoms with Gasteiger partial charge in [0.15, 0.2) is 6.10 Å². The minimum absolute atomic E-state index is 0.130. The Morgan fingerprint density at radius 2 is 1.23 bits per heavy atom. The molecule has 0 aromatic carbocycles. The first-order valence-corrected chi connectivity index (χ1v) is 12.9. The number of rotatable bonds is 21. The summed E-state index contributed by atoms with van der Waals surface area (Å²) >= 11 is 0. The van der Waals surface area contributed by atoms with Gasteiger partial charge in [0, 0.05) is 6.42 Å². The molecule has 0 rings (SSSR count). The van der Waals surface area contributed by atoms with Crippen molar-refractivity contribution in [3.63, 3.8) is 0 Å². The van der Waals surface area contributed by atoms with Crippen LogP contribution in [0, 0.1) is 5.92 Å². The van der Waals surface area contributed by atoms with Crippen molar-refractivity contribution in [3.8, 4) is 0 Å². The average molecular weight is 443 g/mol. The van der Waals surface area contributed by atoms with E-state index in [0.29, 0.717) is 17.4 Å². The van der Waals surface area contributed by atoms with E-state index in [1.807, 2.05) is 21.1 Å². The van der Waals surface area contributed by atoms with Gasteiger partial charge in [-0.25, -0.2) is 0 Å². The molecule has 2 atom stereocenters. The molecule has 0 aliphatic rings. The lowest BCUT2D eigenvalue weighted by Crippen LogP contribution is -2.43. The third kappa shape index (κ3) is 21.9. The minimum Gasteiger partial charge on any atom is -0.481 e. The fourth-order valence-electron chi connectivity index (χ4n) is 4.08. The van der Waals surface area contributed by atoms with Crippen LogP contribution in [-0.2, 0) is 14.3 Å². The summed E-state index contributed by atoms with van der Waals surface area (Å²) in [5.41, 5.74) is 0. The van der Waals surface area contributed by atoms with E-state index in [2.05, 4.69) is 13.8 Å². The molecule has 0 radical (unpaired) electrons. The molecule has 1 N–H and O–H groups in total. The Bertz CT molecular complexity index is 459. The van der Waals surface area contributed by atoms with Gasteiger partial charge in [-0.15, -0.1) is 0 Å². The molecule has 0 aliphatic carbocycles. The number of nitrogens with zero attached hydrogens (tertiary/aromatic N) is 1. The number of carboxylic acid groups (broad SMARTS) is 1. The third-order valence-corrected chi connectivity index (χ3v) is 5.77. The number of ether oxygens (including phenoxy) is 1. The molecule has 0 saturated carbocycles. The lowest BCUT2D eigenvalue weighted by Gasteiger charge is -2.28. The largest absolute Gasteiger partial charge is 0.481 e. The zero-order valence-electron chi connectivity index (χ0n) is 21.3. The van der Waals surface area contributed by atoms with Crippen molar-refractivity contribution in [2.24, 2.45) is 5.92 Å². The quantitative estimate of drug-likeness (QED) is 0.124.